The normalized spacial score (nSPS) is 12.2. The van der Waals surface area contributed by atoms with Gasteiger partial charge in [0.15, 0.2) is 5.82 Å². The van der Waals surface area contributed by atoms with Crippen LogP contribution in [0.15, 0.2) is 65.5 Å². The molecule has 0 saturated carbocycles. The van der Waals surface area contributed by atoms with E-state index < -0.39 is 12.1 Å². The van der Waals surface area contributed by atoms with Crippen LogP contribution in [0.5, 0.6) is 0 Å². The van der Waals surface area contributed by atoms with E-state index in [9.17, 15) is 18.0 Å². The minimum Gasteiger partial charge on any atom is -0.475 e. The number of rotatable bonds is 3. The Morgan fingerprint density at radius 2 is 1.85 bits per heavy atom. The summed E-state index contributed by atoms with van der Waals surface area (Å²) in [5.41, 5.74) is 5.80. The number of thiophene rings is 1. The smallest absolute Gasteiger partial charge is 0.475 e. The molecule has 2 aromatic heterocycles. The fraction of sp³-hybridized carbons (Fsp3) is 0.154. The van der Waals surface area contributed by atoms with Crippen LogP contribution in [-0.2, 0) is 28.9 Å². The predicted octanol–water partition coefficient (Wildman–Crippen LogP) is 6.59. The first-order chi connectivity index (χ1) is 18.6. The number of hydrogen-bond acceptors (Lipinski definition) is 7. The van der Waals surface area contributed by atoms with Crippen LogP contribution < -0.4 is 16.0 Å². The van der Waals surface area contributed by atoms with Crippen molar-refractivity contribution in [1.82, 2.24) is 9.97 Å². The lowest BCUT2D eigenvalue weighted by Gasteiger charge is -2.14. The number of carbonyl (C=O) groups excluding carboxylic acids is 1. The highest BCUT2D eigenvalue weighted by atomic mass is 35.5. The third kappa shape index (κ3) is 7.91. The third-order valence-electron chi connectivity index (χ3n) is 5.44. The number of alkyl halides is 3. The van der Waals surface area contributed by atoms with Gasteiger partial charge in [-0.05, 0) is 76.7 Å². The van der Waals surface area contributed by atoms with E-state index in [4.69, 9.17) is 21.5 Å². The van der Waals surface area contributed by atoms with Gasteiger partial charge in [-0.1, -0.05) is 23.7 Å². The molecule has 6 bridgehead atoms. The Kier molecular flexibility index (Phi) is 8.67. The lowest BCUT2D eigenvalue weighted by Crippen LogP contribution is -2.21. The molecule has 4 aromatic rings. The number of amides is 1. The molecular formula is C26H21ClF3N5O3S. The molecule has 8 nitrogen and oxygen atoms in total. The Morgan fingerprint density at radius 3 is 2.56 bits per heavy atom. The number of benzene rings is 2. The number of nitrogens with one attached hydrogen (secondary N) is 3. The van der Waals surface area contributed by atoms with Crippen LogP contribution in [0.1, 0.15) is 16.7 Å². The van der Waals surface area contributed by atoms with Gasteiger partial charge >= 0.3 is 12.1 Å². The molecule has 0 radical (unpaired) electrons. The Morgan fingerprint density at radius 1 is 1.08 bits per heavy atom. The van der Waals surface area contributed by atoms with Crippen LogP contribution in [0.3, 0.4) is 0 Å². The molecule has 2 aromatic carbocycles. The molecule has 0 unspecified atom stereocenters. The van der Waals surface area contributed by atoms with Gasteiger partial charge in [0.05, 0.1) is 12.6 Å². The fourth-order valence-electron chi connectivity index (χ4n) is 3.64. The van der Waals surface area contributed by atoms with Crippen molar-refractivity contribution in [1.29, 1.82) is 0 Å². The van der Waals surface area contributed by atoms with Crippen molar-refractivity contribution in [3.8, 4) is 0 Å². The number of anilines is 5. The molecule has 1 aliphatic heterocycles. The minimum atomic E-state index is -5.08. The Labute approximate surface area is 229 Å². The zero-order chi connectivity index (χ0) is 28.0. The second-order valence-electron chi connectivity index (χ2n) is 8.37. The highest BCUT2D eigenvalue weighted by Crippen LogP contribution is 2.29. The van der Waals surface area contributed by atoms with Crippen LogP contribution in [0.4, 0.5) is 42.0 Å². The second-order valence-corrected chi connectivity index (χ2v) is 9.56. The highest BCUT2D eigenvalue weighted by Gasteiger charge is 2.38. The molecule has 3 heterocycles. The van der Waals surface area contributed by atoms with Gasteiger partial charge in [0.2, 0.25) is 11.9 Å². The monoisotopic (exact) mass is 575 g/mol. The molecule has 5 rings (SSSR count). The van der Waals surface area contributed by atoms with E-state index in [1.165, 1.54) is 5.56 Å². The number of nitrogens with zero attached hydrogens (tertiary/aromatic N) is 2. The van der Waals surface area contributed by atoms with E-state index in [1.807, 2.05) is 47.2 Å². The maximum Gasteiger partial charge on any atom is 0.490 e. The number of aromatic nitrogens is 2. The molecule has 0 fully saturated rings. The maximum absolute atomic E-state index is 12.6. The molecule has 1 amide bonds. The van der Waals surface area contributed by atoms with Crippen molar-refractivity contribution in [2.45, 2.75) is 25.4 Å². The molecule has 0 atom stereocenters. The van der Waals surface area contributed by atoms with E-state index in [2.05, 4.69) is 38.1 Å². The average Bonchev–Trinajstić information content (AvgIpc) is 3.38. The van der Waals surface area contributed by atoms with Crippen LogP contribution in [0.25, 0.3) is 0 Å². The molecule has 1 aliphatic rings. The zero-order valence-electron chi connectivity index (χ0n) is 20.1. The van der Waals surface area contributed by atoms with E-state index in [0.717, 1.165) is 41.0 Å². The summed E-state index contributed by atoms with van der Waals surface area (Å²) >= 11 is 7.92. The van der Waals surface area contributed by atoms with Gasteiger partial charge in [0, 0.05) is 17.1 Å². The number of halogens is 4. The Bertz CT molecular complexity index is 1480. The summed E-state index contributed by atoms with van der Waals surface area (Å²) in [5.74, 6) is -1.81. The number of carboxylic acid groups (broad SMARTS) is 1. The van der Waals surface area contributed by atoms with Crippen LogP contribution in [-0.4, -0.2) is 33.1 Å². The summed E-state index contributed by atoms with van der Waals surface area (Å²) in [6.07, 6.45) is -1.56. The standard InChI is InChI=1S/C24H20ClN5OS.C2HF3O2/c25-20-13-26-24-28-18-3-1-2-15(10-18)4-5-17-12-19(27-23(20)30-24)6-7-21(17)29-22(31)11-16-8-9-32-14-16;3-2(4,5)1(6)7/h1-3,6-10,12-14H,4-5,11H2,(H,29,31)(H2,26,27,28,30);(H,6,7). The van der Waals surface area contributed by atoms with Crippen molar-refractivity contribution < 1.29 is 27.9 Å². The summed E-state index contributed by atoms with van der Waals surface area (Å²) in [7, 11) is 0. The van der Waals surface area contributed by atoms with Crippen molar-refractivity contribution in [3.63, 3.8) is 0 Å². The minimum absolute atomic E-state index is 0.0297. The molecule has 4 N–H and O–H groups in total. The fourth-order valence-corrected chi connectivity index (χ4v) is 4.44. The van der Waals surface area contributed by atoms with Gasteiger partial charge in [-0.15, -0.1) is 0 Å². The first-order valence-electron chi connectivity index (χ1n) is 11.5. The molecule has 39 heavy (non-hydrogen) atoms. The average molecular weight is 576 g/mol. The zero-order valence-corrected chi connectivity index (χ0v) is 21.6. The number of aliphatic carboxylic acids is 1. The molecule has 0 saturated heterocycles. The summed E-state index contributed by atoms with van der Waals surface area (Å²) in [6, 6.07) is 16.0. The van der Waals surface area contributed by atoms with Gasteiger partial charge in [0.1, 0.15) is 5.02 Å². The number of hydrogen-bond donors (Lipinski definition) is 4. The Hall–Kier alpha value is -4.16. The lowest BCUT2D eigenvalue weighted by atomic mass is 10.0. The van der Waals surface area contributed by atoms with Gasteiger partial charge < -0.3 is 21.1 Å². The Balaban J connectivity index is 0.000000448. The van der Waals surface area contributed by atoms with E-state index in [-0.39, 0.29) is 5.91 Å². The molecular weight excluding hydrogens is 555 g/mol. The van der Waals surface area contributed by atoms with Gasteiger partial charge in [-0.2, -0.15) is 29.5 Å². The third-order valence-corrected chi connectivity index (χ3v) is 6.45. The maximum atomic E-state index is 12.6. The number of aryl methyl sites for hydroxylation is 2. The van der Waals surface area contributed by atoms with Crippen molar-refractivity contribution in [3.05, 3.63) is 87.2 Å². The van der Waals surface area contributed by atoms with Gasteiger partial charge in [-0.3, -0.25) is 4.79 Å². The summed E-state index contributed by atoms with van der Waals surface area (Å²) in [6.45, 7) is 0. The quantitative estimate of drug-likeness (QED) is 0.218. The summed E-state index contributed by atoms with van der Waals surface area (Å²) < 4.78 is 31.7. The lowest BCUT2D eigenvalue weighted by molar-refractivity contribution is -0.192. The van der Waals surface area contributed by atoms with Gasteiger partial charge in [0.25, 0.3) is 0 Å². The first kappa shape index (κ1) is 27.9. The van der Waals surface area contributed by atoms with Gasteiger partial charge in [-0.25, -0.2) is 9.78 Å². The molecule has 0 aliphatic carbocycles. The molecule has 202 valence electrons. The topological polar surface area (TPSA) is 116 Å². The highest BCUT2D eigenvalue weighted by molar-refractivity contribution is 7.08. The van der Waals surface area contributed by atoms with Crippen LogP contribution >= 0.6 is 22.9 Å². The first-order valence-corrected chi connectivity index (χ1v) is 12.8. The second kappa shape index (κ2) is 12.1. The summed E-state index contributed by atoms with van der Waals surface area (Å²) in [5, 5.41) is 21.1. The number of fused-ring (bicyclic) bond motifs is 6. The SMILES string of the molecule is O=C(Cc1ccsc1)Nc1ccc2cc1CCc1cccc(c1)Nc1ncc(Cl)c(n1)N2.O=C(O)C(F)(F)F. The number of carbonyl (C=O) groups is 2. The van der Waals surface area contributed by atoms with Crippen molar-refractivity contribution >= 4 is 63.6 Å². The predicted molar refractivity (Wildman–Crippen MR) is 144 cm³/mol. The van der Waals surface area contributed by atoms with E-state index in [0.29, 0.717) is 23.2 Å². The van der Waals surface area contributed by atoms with Crippen molar-refractivity contribution in [2.24, 2.45) is 0 Å². The molecule has 0 spiro atoms. The van der Waals surface area contributed by atoms with Crippen molar-refractivity contribution in [2.75, 3.05) is 16.0 Å². The van der Waals surface area contributed by atoms with Crippen LogP contribution in [0, 0.1) is 0 Å². The number of carboxylic acids is 1. The van der Waals surface area contributed by atoms with Crippen LogP contribution in [0.2, 0.25) is 5.02 Å². The molecule has 13 heteroatoms. The summed E-state index contributed by atoms with van der Waals surface area (Å²) in [4.78, 5) is 30.3. The largest absolute Gasteiger partial charge is 0.490 e. The van der Waals surface area contributed by atoms with E-state index >= 15 is 0 Å². The van der Waals surface area contributed by atoms with E-state index in [1.54, 1.807) is 17.5 Å².